The minimum absolute atomic E-state index is 0.157. The van der Waals surface area contributed by atoms with Crippen LogP contribution in [-0.4, -0.2) is 26.4 Å². The van der Waals surface area contributed by atoms with Crippen molar-refractivity contribution in [3.8, 4) is 0 Å². The van der Waals surface area contributed by atoms with E-state index in [1.54, 1.807) is 18.2 Å². The van der Waals surface area contributed by atoms with Gasteiger partial charge in [0.25, 0.3) is 0 Å². The van der Waals surface area contributed by atoms with E-state index in [-0.39, 0.29) is 11.7 Å². The Kier molecular flexibility index (Phi) is 6.33. The van der Waals surface area contributed by atoms with Gasteiger partial charge in [-0.3, -0.25) is 4.79 Å². The summed E-state index contributed by atoms with van der Waals surface area (Å²) < 4.78 is 2.03. The fourth-order valence-electron chi connectivity index (χ4n) is 2.04. The number of nitrogens with zero attached hydrogens (tertiary/aromatic N) is 3. The first-order valence-corrected chi connectivity index (χ1v) is 8.97. The van der Waals surface area contributed by atoms with Crippen LogP contribution in [0.1, 0.15) is 32.5 Å². The predicted molar refractivity (Wildman–Crippen MR) is 95.6 cm³/mol. The van der Waals surface area contributed by atoms with Crippen LogP contribution in [0.25, 0.3) is 0 Å². The zero-order chi connectivity index (χ0) is 17.0. The molecule has 0 saturated carbocycles. The van der Waals surface area contributed by atoms with Gasteiger partial charge in [0.2, 0.25) is 5.91 Å². The van der Waals surface area contributed by atoms with Gasteiger partial charge in [-0.2, -0.15) is 0 Å². The van der Waals surface area contributed by atoms with Gasteiger partial charge in [-0.1, -0.05) is 48.8 Å². The Morgan fingerprint density at radius 1 is 1.35 bits per heavy atom. The van der Waals surface area contributed by atoms with E-state index in [0.29, 0.717) is 21.7 Å². The van der Waals surface area contributed by atoms with E-state index in [0.717, 1.165) is 17.5 Å². The standard InChI is InChI=1S/C15H18Cl2N4OS/c1-4-21-14(9(2)3)19-20-15(21)23-8-13(22)18-12-6-5-10(16)7-11(12)17/h5-7,9H,4,8H2,1-3H3,(H,18,22). The Balaban J connectivity index is 1.99. The summed E-state index contributed by atoms with van der Waals surface area (Å²) in [5, 5.41) is 12.8. The van der Waals surface area contributed by atoms with Crippen LogP contribution in [0.3, 0.4) is 0 Å². The Labute approximate surface area is 149 Å². The molecule has 2 aromatic rings. The van der Waals surface area contributed by atoms with E-state index in [9.17, 15) is 4.79 Å². The molecule has 8 heteroatoms. The molecule has 0 aliphatic rings. The molecule has 1 amide bonds. The zero-order valence-corrected chi connectivity index (χ0v) is 15.5. The minimum Gasteiger partial charge on any atom is -0.324 e. The Hall–Kier alpha value is -1.24. The fourth-order valence-corrected chi connectivity index (χ4v) is 3.30. The van der Waals surface area contributed by atoms with Crippen molar-refractivity contribution in [1.82, 2.24) is 14.8 Å². The lowest BCUT2D eigenvalue weighted by Gasteiger charge is -2.10. The van der Waals surface area contributed by atoms with Gasteiger partial charge < -0.3 is 9.88 Å². The fraction of sp³-hybridized carbons (Fsp3) is 0.400. The highest BCUT2D eigenvalue weighted by Crippen LogP contribution is 2.26. The Morgan fingerprint density at radius 3 is 2.70 bits per heavy atom. The maximum Gasteiger partial charge on any atom is 0.234 e. The van der Waals surface area contributed by atoms with Crippen LogP contribution in [0.15, 0.2) is 23.4 Å². The first kappa shape index (κ1) is 18.1. The van der Waals surface area contributed by atoms with Gasteiger partial charge >= 0.3 is 0 Å². The first-order valence-electron chi connectivity index (χ1n) is 7.23. The van der Waals surface area contributed by atoms with Gasteiger partial charge in [0, 0.05) is 17.5 Å². The van der Waals surface area contributed by atoms with E-state index < -0.39 is 0 Å². The summed E-state index contributed by atoms with van der Waals surface area (Å²) in [7, 11) is 0. The van der Waals surface area contributed by atoms with Crippen LogP contribution in [0, 0.1) is 0 Å². The average Bonchev–Trinajstić information content (AvgIpc) is 2.91. The van der Waals surface area contributed by atoms with Gasteiger partial charge in [-0.25, -0.2) is 0 Å². The summed E-state index contributed by atoms with van der Waals surface area (Å²) in [6, 6.07) is 4.95. The molecule has 5 nitrogen and oxygen atoms in total. The first-order chi connectivity index (χ1) is 10.9. The highest BCUT2D eigenvalue weighted by Gasteiger charge is 2.15. The van der Waals surface area contributed by atoms with E-state index >= 15 is 0 Å². The topological polar surface area (TPSA) is 59.8 Å². The highest BCUT2D eigenvalue weighted by molar-refractivity contribution is 7.99. The lowest BCUT2D eigenvalue weighted by atomic mass is 10.2. The van der Waals surface area contributed by atoms with Crippen molar-refractivity contribution in [3.63, 3.8) is 0 Å². The normalized spacial score (nSPS) is 11.0. The number of anilines is 1. The molecule has 0 fully saturated rings. The SMILES string of the molecule is CCn1c(SCC(=O)Nc2ccc(Cl)cc2Cl)nnc1C(C)C. The number of thioether (sulfide) groups is 1. The van der Waals surface area contributed by atoms with E-state index in [1.165, 1.54) is 11.8 Å². The summed E-state index contributed by atoms with van der Waals surface area (Å²) >= 11 is 13.2. The summed E-state index contributed by atoms with van der Waals surface area (Å²) in [6.07, 6.45) is 0. The third kappa shape index (κ3) is 4.62. The monoisotopic (exact) mass is 372 g/mol. The molecule has 1 heterocycles. The van der Waals surface area contributed by atoms with Crippen LogP contribution in [0.5, 0.6) is 0 Å². The molecule has 2 rings (SSSR count). The van der Waals surface area contributed by atoms with Crippen molar-refractivity contribution in [1.29, 1.82) is 0 Å². The molecule has 0 aliphatic carbocycles. The molecule has 1 N–H and O–H groups in total. The highest BCUT2D eigenvalue weighted by atomic mass is 35.5. The smallest absolute Gasteiger partial charge is 0.234 e. The Bertz CT molecular complexity index is 703. The van der Waals surface area contributed by atoms with Crippen LogP contribution < -0.4 is 5.32 Å². The largest absolute Gasteiger partial charge is 0.324 e. The zero-order valence-electron chi connectivity index (χ0n) is 13.1. The van der Waals surface area contributed by atoms with Gasteiger partial charge in [0.15, 0.2) is 5.16 Å². The van der Waals surface area contributed by atoms with E-state index in [2.05, 4.69) is 29.4 Å². The maximum absolute atomic E-state index is 12.1. The summed E-state index contributed by atoms with van der Waals surface area (Å²) in [6.45, 7) is 6.94. The summed E-state index contributed by atoms with van der Waals surface area (Å²) in [5.41, 5.74) is 0.543. The number of halogens is 2. The molecule has 124 valence electrons. The number of aromatic nitrogens is 3. The van der Waals surface area contributed by atoms with Crippen molar-refractivity contribution >= 4 is 46.6 Å². The molecule has 0 spiro atoms. The molecule has 0 unspecified atom stereocenters. The molecular formula is C15H18Cl2N4OS. The number of carbonyl (C=O) groups excluding carboxylic acids is 1. The second kappa shape index (κ2) is 8.04. The maximum atomic E-state index is 12.1. The van der Waals surface area contributed by atoms with Crippen LogP contribution in [-0.2, 0) is 11.3 Å². The number of rotatable bonds is 6. The molecular weight excluding hydrogens is 355 g/mol. The van der Waals surface area contributed by atoms with E-state index in [4.69, 9.17) is 23.2 Å². The minimum atomic E-state index is -0.157. The number of hydrogen-bond donors (Lipinski definition) is 1. The summed E-state index contributed by atoms with van der Waals surface area (Å²) in [5.74, 6) is 1.29. The second-order valence-corrected chi connectivity index (χ2v) is 6.99. The molecule has 0 atom stereocenters. The van der Waals surface area contributed by atoms with Crippen LogP contribution in [0.2, 0.25) is 10.0 Å². The van der Waals surface area contributed by atoms with Gasteiger partial charge in [0.1, 0.15) is 5.82 Å². The summed E-state index contributed by atoms with van der Waals surface area (Å²) in [4.78, 5) is 12.1. The quantitative estimate of drug-likeness (QED) is 0.760. The molecule has 0 saturated heterocycles. The van der Waals surface area contributed by atoms with Crippen molar-refractivity contribution in [3.05, 3.63) is 34.1 Å². The number of nitrogens with one attached hydrogen (secondary N) is 1. The predicted octanol–water partition coefficient (Wildman–Crippen LogP) is 4.46. The third-order valence-electron chi connectivity index (χ3n) is 3.12. The van der Waals surface area contributed by atoms with Crippen molar-refractivity contribution in [2.24, 2.45) is 0 Å². The van der Waals surface area contributed by atoms with Gasteiger partial charge in [-0.05, 0) is 25.1 Å². The van der Waals surface area contributed by atoms with Crippen molar-refractivity contribution < 1.29 is 4.79 Å². The van der Waals surface area contributed by atoms with Gasteiger partial charge in [0.05, 0.1) is 16.5 Å². The van der Waals surface area contributed by atoms with Crippen LogP contribution >= 0.6 is 35.0 Å². The van der Waals surface area contributed by atoms with Crippen molar-refractivity contribution in [2.45, 2.75) is 38.4 Å². The van der Waals surface area contributed by atoms with Crippen molar-refractivity contribution in [2.75, 3.05) is 11.1 Å². The molecule has 0 radical (unpaired) electrons. The number of amides is 1. The third-order valence-corrected chi connectivity index (χ3v) is 4.63. The molecule has 0 aliphatic heterocycles. The van der Waals surface area contributed by atoms with Gasteiger partial charge in [-0.15, -0.1) is 10.2 Å². The average molecular weight is 373 g/mol. The number of hydrogen-bond acceptors (Lipinski definition) is 4. The number of benzene rings is 1. The molecule has 0 bridgehead atoms. The molecule has 1 aromatic carbocycles. The lowest BCUT2D eigenvalue weighted by molar-refractivity contribution is -0.113. The molecule has 1 aromatic heterocycles. The van der Waals surface area contributed by atoms with Crippen LogP contribution in [0.4, 0.5) is 5.69 Å². The number of carbonyl (C=O) groups is 1. The Morgan fingerprint density at radius 2 is 2.09 bits per heavy atom. The lowest BCUT2D eigenvalue weighted by Crippen LogP contribution is -2.15. The molecule has 23 heavy (non-hydrogen) atoms. The second-order valence-electron chi connectivity index (χ2n) is 5.20. The van der Waals surface area contributed by atoms with E-state index in [1.807, 2.05) is 11.5 Å².